The summed E-state index contributed by atoms with van der Waals surface area (Å²) in [6.45, 7) is 3.50. The van der Waals surface area contributed by atoms with E-state index in [4.69, 9.17) is 6.42 Å². The summed E-state index contributed by atoms with van der Waals surface area (Å²) in [6, 6.07) is 9.84. The summed E-state index contributed by atoms with van der Waals surface area (Å²) in [5.74, 6) is 2.55. The van der Waals surface area contributed by atoms with Crippen molar-refractivity contribution in [3.63, 3.8) is 0 Å². The van der Waals surface area contributed by atoms with Crippen LogP contribution in [0.3, 0.4) is 0 Å². The number of nitrogens with zero attached hydrogens (tertiary/aromatic N) is 4. The monoisotopic (exact) mass is 273 g/mol. The van der Waals surface area contributed by atoms with Crippen LogP contribution in [0.5, 0.6) is 0 Å². The maximum Gasteiger partial charge on any atom is 0.214 e. The van der Waals surface area contributed by atoms with Gasteiger partial charge in [-0.3, -0.25) is 0 Å². The van der Waals surface area contributed by atoms with Gasteiger partial charge in [0.2, 0.25) is 5.16 Å². The Bertz CT molecular complexity index is 546. The smallest absolute Gasteiger partial charge is 0.214 e. The average Bonchev–Trinajstić information content (AvgIpc) is 2.88. The predicted octanol–water partition coefficient (Wildman–Crippen LogP) is 1.37. The minimum atomic E-state index is 0.335. The quantitative estimate of drug-likeness (QED) is 0.489. The highest BCUT2D eigenvalue weighted by atomic mass is 32.2. The molecule has 0 aliphatic heterocycles. The number of tetrazole rings is 1. The van der Waals surface area contributed by atoms with Gasteiger partial charge in [0.05, 0.1) is 12.2 Å². The molecule has 0 amide bonds. The molecular formula is C13H15N5S. The Morgan fingerprint density at radius 3 is 2.95 bits per heavy atom. The number of terminal acetylenes is 1. The van der Waals surface area contributed by atoms with Crippen LogP contribution in [0.25, 0.3) is 5.69 Å². The van der Waals surface area contributed by atoms with Gasteiger partial charge in [-0.1, -0.05) is 42.8 Å². The lowest BCUT2D eigenvalue weighted by Crippen LogP contribution is -2.23. The normalized spacial score (nSPS) is 12.0. The lowest BCUT2D eigenvalue weighted by molar-refractivity contribution is 0.733. The molecule has 0 aliphatic carbocycles. The number of hydrogen-bond acceptors (Lipinski definition) is 5. The van der Waals surface area contributed by atoms with Gasteiger partial charge >= 0.3 is 0 Å². The molecule has 2 rings (SSSR count). The Balaban J connectivity index is 2.02. The molecule has 0 aliphatic rings. The van der Waals surface area contributed by atoms with E-state index < -0.39 is 0 Å². The van der Waals surface area contributed by atoms with Crippen LogP contribution in [0, 0.1) is 12.3 Å². The zero-order chi connectivity index (χ0) is 13.5. The van der Waals surface area contributed by atoms with E-state index in [9.17, 15) is 0 Å². The molecule has 1 heterocycles. The molecule has 19 heavy (non-hydrogen) atoms. The Morgan fingerprint density at radius 1 is 1.42 bits per heavy atom. The van der Waals surface area contributed by atoms with Crippen LogP contribution >= 0.6 is 11.8 Å². The maximum absolute atomic E-state index is 5.20. The van der Waals surface area contributed by atoms with Crippen LogP contribution in [-0.4, -0.2) is 38.5 Å². The van der Waals surface area contributed by atoms with Gasteiger partial charge in [-0.15, -0.1) is 11.5 Å². The maximum atomic E-state index is 5.20. The summed E-state index contributed by atoms with van der Waals surface area (Å²) in [4.78, 5) is 0. The van der Waals surface area contributed by atoms with Crippen molar-refractivity contribution in [2.24, 2.45) is 0 Å². The van der Waals surface area contributed by atoms with Crippen LogP contribution < -0.4 is 5.32 Å². The highest BCUT2D eigenvalue weighted by Crippen LogP contribution is 2.22. The molecule has 2 aromatic rings. The summed E-state index contributed by atoms with van der Waals surface area (Å²) < 4.78 is 1.74. The van der Waals surface area contributed by atoms with Crippen molar-refractivity contribution >= 4 is 11.8 Å². The van der Waals surface area contributed by atoms with Crippen LogP contribution in [-0.2, 0) is 0 Å². The molecule has 1 atom stereocenters. The second-order valence-corrected chi connectivity index (χ2v) is 5.38. The van der Waals surface area contributed by atoms with E-state index in [0.29, 0.717) is 11.8 Å². The fourth-order valence-corrected chi connectivity index (χ4v) is 2.44. The number of nitrogens with one attached hydrogen (secondary N) is 1. The zero-order valence-electron chi connectivity index (χ0n) is 10.7. The van der Waals surface area contributed by atoms with E-state index in [-0.39, 0.29) is 0 Å². The molecule has 98 valence electrons. The van der Waals surface area contributed by atoms with Gasteiger partial charge in [0, 0.05) is 11.8 Å². The minimum Gasteiger partial charge on any atom is -0.305 e. The van der Waals surface area contributed by atoms with Gasteiger partial charge in [-0.2, -0.15) is 4.68 Å². The van der Waals surface area contributed by atoms with E-state index in [2.05, 4.69) is 33.7 Å². The largest absolute Gasteiger partial charge is 0.305 e. The van der Waals surface area contributed by atoms with Gasteiger partial charge < -0.3 is 5.32 Å². The van der Waals surface area contributed by atoms with Gasteiger partial charge in [0.25, 0.3) is 0 Å². The van der Waals surface area contributed by atoms with Crippen LogP contribution in [0.15, 0.2) is 35.5 Å². The topological polar surface area (TPSA) is 55.6 Å². The Hall–Kier alpha value is -1.84. The number of aromatic nitrogens is 4. The van der Waals surface area contributed by atoms with Crippen molar-refractivity contribution in [2.45, 2.75) is 17.3 Å². The third-order valence-corrected chi connectivity index (χ3v) is 3.44. The Kier molecular flexibility index (Phi) is 4.95. The molecule has 1 aromatic heterocycles. The number of para-hydroxylation sites is 1. The highest BCUT2D eigenvalue weighted by molar-refractivity contribution is 7.99. The van der Waals surface area contributed by atoms with Gasteiger partial charge in [0.15, 0.2) is 0 Å². The van der Waals surface area contributed by atoms with Gasteiger partial charge in [0.1, 0.15) is 0 Å². The van der Waals surface area contributed by atoms with Crippen molar-refractivity contribution in [1.82, 2.24) is 25.5 Å². The first-order chi connectivity index (χ1) is 9.31. The molecule has 0 spiro atoms. The number of rotatable bonds is 6. The molecule has 6 heteroatoms. The van der Waals surface area contributed by atoms with Crippen molar-refractivity contribution in [3.8, 4) is 18.0 Å². The lowest BCUT2D eigenvalue weighted by Gasteiger charge is -2.10. The first kappa shape index (κ1) is 13.6. The first-order valence-corrected chi connectivity index (χ1v) is 6.84. The van der Waals surface area contributed by atoms with E-state index in [0.717, 1.165) is 17.4 Å². The van der Waals surface area contributed by atoms with E-state index in [1.54, 1.807) is 16.4 Å². The molecule has 5 nitrogen and oxygen atoms in total. The number of thioether (sulfide) groups is 1. The third-order valence-electron chi connectivity index (χ3n) is 2.41. The third kappa shape index (κ3) is 3.81. The molecule has 1 unspecified atom stereocenters. The standard InChI is InChI=1S/C13H15N5S/c1-3-9-14-10-11(2)19-13-15-16-17-18(13)12-7-5-4-6-8-12/h1,4-8,11,14H,9-10H2,2H3. The molecule has 1 aromatic carbocycles. The van der Waals surface area contributed by atoms with Gasteiger partial charge in [-0.05, 0) is 22.6 Å². The molecular weight excluding hydrogens is 258 g/mol. The molecule has 0 saturated heterocycles. The first-order valence-electron chi connectivity index (χ1n) is 5.96. The van der Waals surface area contributed by atoms with Crippen molar-refractivity contribution in [1.29, 1.82) is 0 Å². The Labute approximate surface area is 116 Å². The fraction of sp³-hybridized carbons (Fsp3) is 0.308. The predicted molar refractivity (Wildman–Crippen MR) is 76.2 cm³/mol. The summed E-state index contributed by atoms with van der Waals surface area (Å²) in [5, 5.41) is 16.1. The lowest BCUT2D eigenvalue weighted by atomic mass is 10.3. The number of hydrogen-bond donors (Lipinski definition) is 1. The molecule has 0 bridgehead atoms. The molecule has 1 N–H and O–H groups in total. The fourth-order valence-electron chi connectivity index (χ4n) is 1.55. The molecule has 0 fully saturated rings. The highest BCUT2D eigenvalue weighted by Gasteiger charge is 2.12. The van der Waals surface area contributed by atoms with Gasteiger partial charge in [-0.25, -0.2) is 0 Å². The van der Waals surface area contributed by atoms with Crippen molar-refractivity contribution in [3.05, 3.63) is 30.3 Å². The van der Waals surface area contributed by atoms with Crippen LogP contribution in [0.1, 0.15) is 6.92 Å². The number of benzene rings is 1. The summed E-state index contributed by atoms with van der Waals surface area (Å²) in [5.41, 5.74) is 0.957. The summed E-state index contributed by atoms with van der Waals surface area (Å²) >= 11 is 1.62. The van der Waals surface area contributed by atoms with Crippen molar-refractivity contribution in [2.75, 3.05) is 13.1 Å². The van der Waals surface area contributed by atoms with Crippen LogP contribution in [0.4, 0.5) is 0 Å². The SMILES string of the molecule is C#CCNCC(C)Sc1nnnn1-c1ccccc1. The second-order valence-electron chi connectivity index (χ2n) is 3.97. The molecule has 0 saturated carbocycles. The van der Waals surface area contributed by atoms with E-state index in [1.807, 2.05) is 30.3 Å². The van der Waals surface area contributed by atoms with E-state index >= 15 is 0 Å². The minimum absolute atomic E-state index is 0.335. The zero-order valence-corrected chi connectivity index (χ0v) is 11.5. The summed E-state index contributed by atoms with van der Waals surface area (Å²) in [7, 11) is 0. The average molecular weight is 273 g/mol. The second kappa shape index (κ2) is 6.92. The van der Waals surface area contributed by atoms with Crippen LogP contribution in [0.2, 0.25) is 0 Å². The van der Waals surface area contributed by atoms with Crippen molar-refractivity contribution < 1.29 is 0 Å². The Morgan fingerprint density at radius 2 is 2.21 bits per heavy atom. The van der Waals surface area contributed by atoms with E-state index in [1.165, 1.54) is 0 Å². The summed E-state index contributed by atoms with van der Waals surface area (Å²) in [6.07, 6.45) is 5.20. The molecule has 0 radical (unpaired) electrons.